The molecule has 3 fully saturated rings. The summed E-state index contributed by atoms with van der Waals surface area (Å²) >= 11 is 0. The van der Waals surface area contributed by atoms with Crippen LogP contribution in [0.5, 0.6) is 0 Å². The Morgan fingerprint density at radius 3 is 2.16 bits per heavy atom. The van der Waals surface area contributed by atoms with E-state index in [1.165, 1.54) is 0 Å². The molecule has 1 aliphatic heterocycles. The Kier molecular flexibility index (Phi) is 7.05. The minimum Gasteiger partial charge on any atom is -0.481 e. The number of halogens is 6. The van der Waals surface area contributed by atoms with Crippen molar-refractivity contribution in [2.45, 2.75) is 81.5 Å². The number of ether oxygens (including phenoxy) is 3. The molecule has 2 aliphatic carbocycles. The minimum absolute atomic E-state index is 0.0489. The number of carboxylic acids is 1. The van der Waals surface area contributed by atoms with E-state index in [-0.39, 0.29) is 18.3 Å². The smallest absolute Gasteiger partial charge is 0.438 e. The van der Waals surface area contributed by atoms with Crippen LogP contribution in [0, 0.1) is 17.8 Å². The molecule has 0 amide bonds. The number of carboxylic acid groups (broad SMARTS) is 1. The number of rotatable bonds is 6. The predicted molar refractivity (Wildman–Crippen MR) is 95.2 cm³/mol. The standard InChI is InChI=1S/C20H26F6O6/c21-19(22,23)17(11-15(27)28,20(24,25)26)32-16(29)6-5-14-10-12-3-1-4-13(9-12)18(14)30-7-2-8-31-18/h12-14H,1-11H2,(H,27,28). The van der Waals surface area contributed by atoms with Gasteiger partial charge < -0.3 is 19.3 Å². The van der Waals surface area contributed by atoms with Gasteiger partial charge in [-0.25, -0.2) is 0 Å². The fourth-order valence-electron chi connectivity index (χ4n) is 5.39. The van der Waals surface area contributed by atoms with E-state index in [0.717, 1.165) is 25.7 Å². The maximum Gasteiger partial charge on any atom is 0.438 e. The molecule has 0 aromatic carbocycles. The van der Waals surface area contributed by atoms with Crippen LogP contribution in [-0.4, -0.2) is 54.0 Å². The normalized spacial score (nSPS) is 28.4. The zero-order valence-corrected chi connectivity index (χ0v) is 17.3. The molecule has 184 valence electrons. The molecule has 1 heterocycles. The van der Waals surface area contributed by atoms with E-state index in [1.54, 1.807) is 0 Å². The molecule has 12 heteroatoms. The average molecular weight is 476 g/mol. The molecule has 3 aliphatic rings. The van der Waals surface area contributed by atoms with Crippen molar-refractivity contribution in [3.8, 4) is 0 Å². The molecule has 1 spiro atoms. The number of carbonyl (C=O) groups excluding carboxylic acids is 1. The Balaban J connectivity index is 1.76. The van der Waals surface area contributed by atoms with Gasteiger partial charge >= 0.3 is 29.9 Å². The van der Waals surface area contributed by atoms with Crippen LogP contribution in [0.25, 0.3) is 0 Å². The molecular weight excluding hydrogens is 450 g/mol. The molecule has 0 aromatic heterocycles. The number of carbonyl (C=O) groups is 2. The van der Waals surface area contributed by atoms with Gasteiger partial charge in [-0.15, -0.1) is 0 Å². The highest BCUT2D eigenvalue weighted by Gasteiger charge is 2.75. The van der Waals surface area contributed by atoms with Crippen molar-refractivity contribution >= 4 is 11.9 Å². The molecule has 3 rings (SSSR count). The first-order valence-corrected chi connectivity index (χ1v) is 10.7. The van der Waals surface area contributed by atoms with Crippen LogP contribution in [-0.2, 0) is 23.8 Å². The highest BCUT2D eigenvalue weighted by atomic mass is 19.4. The van der Waals surface area contributed by atoms with Gasteiger partial charge in [0.25, 0.3) is 0 Å². The summed E-state index contributed by atoms with van der Waals surface area (Å²) in [7, 11) is 0. The highest BCUT2D eigenvalue weighted by molar-refractivity contribution is 5.73. The summed E-state index contributed by atoms with van der Waals surface area (Å²) in [6.07, 6.45) is -10.7. The number of hydrogen-bond donors (Lipinski definition) is 1. The zero-order chi connectivity index (χ0) is 23.8. The molecule has 1 N–H and O–H groups in total. The molecule has 0 aromatic rings. The largest absolute Gasteiger partial charge is 0.481 e. The third-order valence-corrected chi connectivity index (χ3v) is 6.78. The first-order valence-electron chi connectivity index (χ1n) is 10.7. The van der Waals surface area contributed by atoms with Crippen LogP contribution in [0.1, 0.15) is 57.8 Å². The monoisotopic (exact) mass is 476 g/mol. The molecule has 6 nitrogen and oxygen atoms in total. The SMILES string of the molecule is O=C(O)CC(OC(=O)CCC1CC2CCCC(C2)C12OCCCO2)(C(F)(F)F)C(F)(F)F. The Bertz CT molecular complexity index is 686. The summed E-state index contributed by atoms with van der Waals surface area (Å²) in [5.74, 6) is -5.16. The molecule has 32 heavy (non-hydrogen) atoms. The van der Waals surface area contributed by atoms with Crippen LogP contribution in [0.2, 0.25) is 0 Å². The number of alkyl halides is 6. The lowest BCUT2D eigenvalue weighted by Gasteiger charge is -2.54. The lowest BCUT2D eigenvalue weighted by Crippen LogP contribution is -2.61. The second kappa shape index (κ2) is 9.00. The molecular formula is C20H26F6O6. The van der Waals surface area contributed by atoms with Crippen molar-refractivity contribution in [2.24, 2.45) is 17.8 Å². The summed E-state index contributed by atoms with van der Waals surface area (Å²) < 4.78 is 95.8. The van der Waals surface area contributed by atoms with Gasteiger partial charge in [-0.2, -0.15) is 26.3 Å². The Morgan fingerprint density at radius 1 is 0.969 bits per heavy atom. The van der Waals surface area contributed by atoms with Gasteiger partial charge in [0.1, 0.15) is 6.42 Å². The minimum atomic E-state index is -6.15. The third kappa shape index (κ3) is 4.71. The van der Waals surface area contributed by atoms with Gasteiger partial charge in [0.05, 0.1) is 13.2 Å². The quantitative estimate of drug-likeness (QED) is 0.446. The number of hydrogen-bond acceptors (Lipinski definition) is 5. The van der Waals surface area contributed by atoms with E-state index in [9.17, 15) is 35.9 Å². The number of aliphatic carboxylic acids is 1. The first-order chi connectivity index (χ1) is 14.8. The Labute approximate surface area is 180 Å². The molecule has 1 saturated heterocycles. The van der Waals surface area contributed by atoms with Gasteiger partial charge in [0.15, 0.2) is 5.79 Å². The van der Waals surface area contributed by atoms with Crippen LogP contribution in [0.3, 0.4) is 0 Å². The number of esters is 1. The van der Waals surface area contributed by atoms with Gasteiger partial charge in [-0.1, -0.05) is 12.8 Å². The molecule has 3 atom stereocenters. The number of fused-ring (bicyclic) bond motifs is 3. The highest BCUT2D eigenvalue weighted by Crippen LogP contribution is 2.53. The summed E-state index contributed by atoms with van der Waals surface area (Å²) in [6.45, 7) is 0.845. The van der Waals surface area contributed by atoms with E-state index in [0.29, 0.717) is 32.0 Å². The first kappa shape index (κ1) is 25.1. The molecule has 2 saturated carbocycles. The molecule has 0 radical (unpaired) electrons. The van der Waals surface area contributed by atoms with E-state index in [4.69, 9.17) is 14.6 Å². The predicted octanol–water partition coefficient (Wildman–Crippen LogP) is 4.61. The van der Waals surface area contributed by atoms with Crippen LogP contribution in [0.15, 0.2) is 0 Å². The maximum atomic E-state index is 13.3. The van der Waals surface area contributed by atoms with Gasteiger partial charge in [0.2, 0.25) is 0 Å². The molecule has 2 bridgehead atoms. The lowest BCUT2D eigenvalue weighted by molar-refractivity contribution is -0.370. The van der Waals surface area contributed by atoms with E-state index in [2.05, 4.69) is 4.74 Å². The van der Waals surface area contributed by atoms with Crippen molar-refractivity contribution in [3.05, 3.63) is 0 Å². The van der Waals surface area contributed by atoms with Crippen LogP contribution < -0.4 is 0 Å². The topological polar surface area (TPSA) is 82.1 Å². The van der Waals surface area contributed by atoms with E-state index < -0.39 is 48.5 Å². The van der Waals surface area contributed by atoms with Gasteiger partial charge in [-0.05, 0) is 38.0 Å². The van der Waals surface area contributed by atoms with Gasteiger partial charge in [0, 0.05) is 18.3 Å². The second-order valence-corrected chi connectivity index (χ2v) is 8.84. The second-order valence-electron chi connectivity index (χ2n) is 8.84. The summed E-state index contributed by atoms with van der Waals surface area (Å²) in [5.41, 5.74) is -5.11. The third-order valence-electron chi connectivity index (χ3n) is 6.78. The Hall–Kier alpha value is -1.56. The summed E-state index contributed by atoms with van der Waals surface area (Å²) in [5, 5.41) is 8.66. The van der Waals surface area contributed by atoms with Crippen molar-refractivity contribution in [1.29, 1.82) is 0 Å². The maximum absolute atomic E-state index is 13.3. The summed E-state index contributed by atoms with van der Waals surface area (Å²) in [6, 6.07) is 0. The van der Waals surface area contributed by atoms with Crippen LogP contribution >= 0.6 is 0 Å². The van der Waals surface area contributed by atoms with Crippen molar-refractivity contribution < 1.29 is 55.2 Å². The zero-order valence-electron chi connectivity index (χ0n) is 17.3. The van der Waals surface area contributed by atoms with Gasteiger partial charge in [-0.3, -0.25) is 9.59 Å². The Morgan fingerprint density at radius 2 is 1.59 bits per heavy atom. The van der Waals surface area contributed by atoms with E-state index in [1.807, 2.05) is 0 Å². The van der Waals surface area contributed by atoms with E-state index >= 15 is 0 Å². The lowest BCUT2D eigenvalue weighted by atomic mass is 9.63. The van der Waals surface area contributed by atoms with Crippen molar-refractivity contribution in [1.82, 2.24) is 0 Å². The molecule has 3 unspecified atom stereocenters. The van der Waals surface area contributed by atoms with Crippen LogP contribution in [0.4, 0.5) is 26.3 Å². The van der Waals surface area contributed by atoms with Crippen molar-refractivity contribution in [3.63, 3.8) is 0 Å². The fraction of sp³-hybridized carbons (Fsp3) is 0.900. The average Bonchev–Trinajstić information content (AvgIpc) is 2.68. The summed E-state index contributed by atoms with van der Waals surface area (Å²) in [4.78, 5) is 23.0. The fourth-order valence-corrected chi connectivity index (χ4v) is 5.39. The van der Waals surface area contributed by atoms with Crippen molar-refractivity contribution in [2.75, 3.05) is 13.2 Å².